The third kappa shape index (κ3) is 4.44. The van der Waals surface area contributed by atoms with Crippen LogP contribution >= 0.6 is 0 Å². The molecule has 3 rings (SSSR count). The Hall–Kier alpha value is -2.43. The largest absolute Gasteiger partial charge is 0.511 e. The zero-order chi connectivity index (χ0) is 21.6. The first-order valence-electron chi connectivity index (χ1n) is 8.62. The van der Waals surface area contributed by atoms with E-state index in [4.69, 9.17) is 0 Å². The van der Waals surface area contributed by atoms with Gasteiger partial charge in [0.05, 0.1) is 12.3 Å². The standard InChI is InChI=1S/C18H15F6NO4/c19-17(20,21)7-29-6-11-10(3-4-12(25-11)18(22,23)24)16(28)13-14(26)8-1-2-9(5-8)15(13)27/h3-4,8-9,26H,1-2,5-7H2. The van der Waals surface area contributed by atoms with Gasteiger partial charge in [0.15, 0.2) is 5.78 Å². The minimum Gasteiger partial charge on any atom is -0.511 e. The molecule has 0 amide bonds. The van der Waals surface area contributed by atoms with Crippen LogP contribution in [0.2, 0.25) is 0 Å². The molecule has 2 aliphatic carbocycles. The second-order valence-electron chi connectivity index (χ2n) is 6.96. The lowest BCUT2D eigenvalue weighted by Gasteiger charge is -2.21. The molecule has 1 saturated carbocycles. The quantitative estimate of drug-likeness (QED) is 0.437. The first-order valence-corrected chi connectivity index (χ1v) is 8.62. The van der Waals surface area contributed by atoms with Crippen molar-refractivity contribution in [1.82, 2.24) is 4.98 Å². The number of ketones is 2. The van der Waals surface area contributed by atoms with Crippen molar-refractivity contribution in [2.75, 3.05) is 6.61 Å². The summed E-state index contributed by atoms with van der Waals surface area (Å²) in [6.07, 6.45) is -8.29. The molecule has 2 unspecified atom stereocenters. The Balaban J connectivity index is 1.98. The van der Waals surface area contributed by atoms with Crippen molar-refractivity contribution in [2.24, 2.45) is 11.8 Å². The van der Waals surface area contributed by atoms with Crippen molar-refractivity contribution in [1.29, 1.82) is 0 Å². The van der Waals surface area contributed by atoms with E-state index in [-0.39, 0.29) is 0 Å². The fraction of sp³-hybridized carbons (Fsp3) is 0.500. The van der Waals surface area contributed by atoms with Gasteiger partial charge in [-0.3, -0.25) is 9.59 Å². The van der Waals surface area contributed by atoms with Crippen LogP contribution in [0.25, 0.3) is 0 Å². The smallest absolute Gasteiger partial charge is 0.433 e. The number of carbonyl (C=O) groups excluding carboxylic acids is 2. The van der Waals surface area contributed by atoms with Crippen molar-refractivity contribution in [3.05, 3.63) is 40.4 Å². The number of hydrogen-bond acceptors (Lipinski definition) is 5. The summed E-state index contributed by atoms with van der Waals surface area (Å²) in [5.41, 5.74) is -3.17. The van der Waals surface area contributed by atoms with E-state index in [0.717, 1.165) is 6.07 Å². The summed E-state index contributed by atoms with van der Waals surface area (Å²) in [6, 6.07) is 1.22. The molecular formula is C18H15F6NO4. The minimum absolute atomic E-state index is 0.383. The molecule has 1 aromatic heterocycles. The van der Waals surface area contributed by atoms with Crippen LogP contribution in [0, 0.1) is 11.8 Å². The van der Waals surface area contributed by atoms with Crippen LogP contribution in [-0.2, 0) is 22.3 Å². The zero-order valence-corrected chi connectivity index (χ0v) is 14.7. The number of aromatic nitrogens is 1. The maximum Gasteiger partial charge on any atom is 0.433 e. The third-order valence-corrected chi connectivity index (χ3v) is 4.93. The average molecular weight is 423 g/mol. The lowest BCUT2D eigenvalue weighted by atomic mass is 9.83. The molecule has 2 bridgehead atoms. The van der Waals surface area contributed by atoms with E-state index < -0.39 is 77.3 Å². The van der Waals surface area contributed by atoms with Crippen LogP contribution in [0.1, 0.15) is 41.0 Å². The number of Topliss-reactive ketones (excluding diaryl/α,β-unsaturated/α-hetero) is 2. The maximum absolute atomic E-state index is 12.9. The number of nitrogens with zero attached hydrogens (tertiary/aromatic N) is 1. The molecule has 11 heteroatoms. The van der Waals surface area contributed by atoms with Crippen molar-refractivity contribution in [3.8, 4) is 0 Å². The SMILES string of the molecule is O=C(C1=C(O)C2CCC(C2)C1=O)c1ccc(C(F)(F)F)nc1COCC(F)(F)F. The Bertz CT molecular complexity index is 874. The molecule has 1 aromatic rings. The normalized spacial score (nSPS) is 22.3. The molecule has 0 aliphatic heterocycles. The number of hydrogen-bond donors (Lipinski definition) is 1. The fourth-order valence-electron chi connectivity index (χ4n) is 3.60. The molecule has 1 N–H and O–H groups in total. The van der Waals surface area contributed by atoms with Crippen LogP contribution < -0.4 is 0 Å². The third-order valence-electron chi connectivity index (χ3n) is 4.93. The Morgan fingerprint density at radius 1 is 1.14 bits per heavy atom. The van der Waals surface area contributed by atoms with Gasteiger partial charge in [-0.15, -0.1) is 0 Å². The molecule has 0 spiro atoms. The maximum atomic E-state index is 12.9. The van der Waals surface area contributed by atoms with Crippen LogP contribution in [-0.4, -0.2) is 34.4 Å². The summed E-state index contributed by atoms with van der Waals surface area (Å²) in [7, 11) is 0. The second-order valence-corrected chi connectivity index (χ2v) is 6.96. The molecule has 2 aliphatic rings. The number of aliphatic hydroxyl groups excluding tert-OH is 1. The number of alkyl halides is 6. The number of pyridine rings is 1. The second kappa shape index (κ2) is 7.43. The summed E-state index contributed by atoms with van der Waals surface area (Å²) in [5.74, 6) is -3.00. The Morgan fingerprint density at radius 3 is 2.41 bits per heavy atom. The summed E-state index contributed by atoms with van der Waals surface area (Å²) in [6.45, 7) is -2.78. The van der Waals surface area contributed by atoms with Gasteiger partial charge >= 0.3 is 12.4 Å². The number of fused-ring (bicyclic) bond motifs is 2. The van der Waals surface area contributed by atoms with E-state index in [1.54, 1.807) is 0 Å². The van der Waals surface area contributed by atoms with Gasteiger partial charge in [0.25, 0.3) is 0 Å². The summed E-state index contributed by atoms with van der Waals surface area (Å²) in [4.78, 5) is 28.5. The number of allylic oxidation sites excluding steroid dienone is 2. The predicted molar refractivity (Wildman–Crippen MR) is 84.8 cm³/mol. The minimum atomic E-state index is -4.90. The number of carbonyl (C=O) groups is 2. The van der Waals surface area contributed by atoms with E-state index in [2.05, 4.69) is 9.72 Å². The molecule has 1 fully saturated rings. The number of halogens is 6. The van der Waals surface area contributed by atoms with E-state index >= 15 is 0 Å². The van der Waals surface area contributed by atoms with Gasteiger partial charge in [-0.05, 0) is 31.4 Å². The number of aliphatic hydroxyl groups is 1. The number of ether oxygens (including phenoxy) is 1. The van der Waals surface area contributed by atoms with Gasteiger partial charge in [0, 0.05) is 17.4 Å². The van der Waals surface area contributed by atoms with Gasteiger partial charge in [0.2, 0.25) is 5.78 Å². The van der Waals surface area contributed by atoms with E-state index in [9.17, 15) is 41.0 Å². The van der Waals surface area contributed by atoms with Crippen LogP contribution in [0.3, 0.4) is 0 Å². The Kier molecular flexibility index (Phi) is 5.46. The molecule has 0 radical (unpaired) electrons. The first-order chi connectivity index (χ1) is 13.4. The van der Waals surface area contributed by atoms with Crippen LogP contribution in [0.15, 0.2) is 23.5 Å². The molecule has 5 nitrogen and oxygen atoms in total. The molecule has 158 valence electrons. The van der Waals surface area contributed by atoms with Crippen molar-refractivity contribution < 1.29 is 45.8 Å². The van der Waals surface area contributed by atoms with E-state index in [0.29, 0.717) is 25.3 Å². The molecule has 2 atom stereocenters. The van der Waals surface area contributed by atoms with E-state index in [1.165, 1.54) is 0 Å². The van der Waals surface area contributed by atoms with Crippen molar-refractivity contribution >= 4 is 11.6 Å². The van der Waals surface area contributed by atoms with Crippen molar-refractivity contribution in [2.45, 2.75) is 38.2 Å². The lowest BCUT2D eigenvalue weighted by Crippen LogP contribution is -2.28. The van der Waals surface area contributed by atoms with E-state index in [1.807, 2.05) is 0 Å². The summed E-state index contributed by atoms with van der Waals surface area (Å²) >= 11 is 0. The van der Waals surface area contributed by atoms with Gasteiger partial charge in [-0.25, -0.2) is 4.98 Å². The van der Waals surface area contributed by atoms with Crippen LogP contribution in [0.5, 0.6) is 0 Å². The van der Waals surface area contributed by atoms with Gasteiger partial charge in [-0.1, -0.05) is 0 Å². The Morgan fingerprint density at radius 2 is 1.79 bits per heavy atom. The average Bonchev–Trinajstić information content (AvgIpc) is 3.05. The lowest BCUT2D eigenvalue weighted by molar-refractivity contribution is -0.177. The highest BCUT2D eigenvalue weighted by atomic mass is 19.4. The Labute approximate surface area is 160 Å². The topological polar surface area (TPSA) is 76.5 Å². The van der Waals surface area contributed by atoms with Gasteiger partial charge < -0.3 is 9.84 Å². The zero-order valence-electron chi connectivity index (χ0n) is 14.7. The summed E-state index contributed by atoms with van der Waals surface area (Å²) < 4.78 is 80.0. The monoisotopic (exact) mass is 423 g/mol. The molecule has 0 saturated heterocycles. The molecule has 29 heavy (non-hydrogen) atoms. The molecule has 0 aromatic carbocycles. The fourth-order valence-corrected chi connectivity index (χ4v) is 3.60. The highest BCUT2D eigenvalue weighted by Gasteiger charge is 2.44. The van der Waals surface area contributed by atoms with Gasteiger partial charge in [0.1, 0.15) is 23.6 Å². The van der Waals surface area contributed by atoms with Crippen molar-refractivity contribution in [3.63, 3.8) is 0 Å². The molecule has 1 heterocycles. The van der Waals surface area contributed by atoms with Gasteiger partial charge in [-0.2, -0.15) is 26.3 Å². The first kappa shape index (κ1) is 21.3. The molecular weight excluding hydrogens is 408 g/mol. The number of rotatable bonds is 5. The highest BCUT2D eigenvalue weighted by Crippen LogP contribution is 2.43. The summed E-state index contributed by atoms with van der Waals surface area (Å²) in [5, 5.41) is 10.3. The predicted octanol–water partition coefficient (Wildman–Crippen LogP) is 4.17. The highest BCUT2D eigenvalue weighted by molar-refractivity contribution is 6.28. The van der Waals surface area contributed by atoms with Crippen LogP contribution in [0.4, 0.5) is 26.3 Å².